The second-order valence-corrected chi connectivity index (χ2v) is 5.88. The summed E-state index contributed by atoms with van der Waals surface area (Å²) in [4.78, 5) is 23.6. The van der Waals surface area contributed by atoms with Crippen LogP contribution in [0, 0.1) is 0 Å². The summed E-state index contributed by atoms with van der Waals surface area (Å²) in [6.07, 6.45) is 1.48. The fourth-order valence-electron chi connectivity index (χ4n) is 2.52. The molecule has 0 unspecified atom stereocenters. The summed E-state index contributed by atoms with van der Waals surface area (Å²) in [6.45, 7) is 0. The number of aromatic hydroxyl groups is 1. The van der Waals surface area contributed by atoms with Crippen molar-refractivity contribution in [2.75, 3.05) is 0 Å². The Balaban J connectivity index is 1.85. The van der Waals surface area contributed by atoms with Crippen LogP contribution in [0.5, 0.6) is 5.75 Å². The highest BCUT2D eigenvalue weighted by molar-refractivity contribution is 6.32. The van der Waals surface area contributed by atoms with Crippen molar-refractivity contribution in [3.8, 4) is 5.75 Å². The van der Waals surface area contributed by atoms with Gasteiger partial charge < -0.3 is 10.8 Å². The Kier molecular flexibility index (Phi) is 4.86. The monoisotopic (exact) mass is 367 g/mol. The van der Waals surface area contributed by atoms with Gasteiger partial charge in [0.15, 0.2) is 0 Å². The highest BCUT2D eigenvalue weighted by Gasteiger charge is 2.09. The molecule has 0 bridgehead atoms. The normalized spacial score (nSPS) is 11.0. The fraction of sp³-hybridized carbons (Fsp3) is 0. The van der Waals surface area contributed by atoms with Crippen molar-refractivity contribution >= 4 is 40.4 Å². The maximum Gasteiger partial charge on any atom is 0.271 e. The lowest BCUT2D eigenvalue weighted by molar-refractivity contribution is 0.0953. The first kappa shape index (κ1) is 17.4. The van der Waals surface area contributed by atoms with Crippen LogP contribution in [0.25, 0.3) is 10.8 Å². The first-order chi connectivity index (χ1) is 12.5. The van der Waals surface area contributed by atoms with E-state index in [2.05, 4.69) is 10.5 Å². The molecule has 0 saturated heterocycles. The quantitative estimate of drug-likeness (QED) is 0.487. The van der Waals surface area contributed by atoms with E-state index in [9.17, 15) is 14.7 Å². The van der Waals surface area contributed by atoms with E-state index in [4.69, 9.17) is 17.3 Å². The van der Waals surface area contributed by atoms with E-state index in [1.165, 1.54) is 24.4 Å². The molecule has 0 aliphatic carbocycles. The van der Waals surface area contributed by atoms with Crippen molar-refractivity contribution in [3.05, 3.63) is 76.3 Å². The minimum absolute atomic E-state index is 0.0784. The molecule has 0 aliphatic heterocycles. The third-order valence-electron chi connectivity index (χ3n) is 3.80. The molecule has 0 atom stereocenters. The van der Waals surface area contributed by atoms with Crippen molar-refractivity contribution in [1.29, 1.82) is 0 Å². The third kappa shape index (κ3) is 3.50. The number of hydrazone groups is 1. The molecule has 0 aliphatic rings. The lowest BCUT2D eigenvalue weighted by atomic mass is 10.00. The van der Waals surface area contributed by atoms with Crippen LogP contribution in [-0.4, -0.2) is 23.1 Å². The minimum atomic E-state index is -0.512. The lowest BCUT2D eigenvalue weighted by Gasteiger charge is -2.06. The van der Waals surface area contributed by atoms with Gasteiger partial charge >= 0.3 is 0 Å². The van der Waals surface area contributed by atoms with Crippen LogP contribution in [0.2, 0.25) is 5.02 Å². The van der Waals surface area contributed by atoms with Gasteiger partial charge in [-0.3, -0.25) is 9.59 Å². The molecular formula is C19H14ClN3O3. The number of primary amides is 1. The summed E-state index contributed by atoms with van der Waals surface area (Å²) in [6, 6.07) is 14.7. The first-order valence-electron chi connectivity index (χ1n) is 7.61. The van der Waals surface area contributed by atoms with Gasteiger partial charge in [-0.2, -0.15) is 5.10 Å². The zero-order chi connectivity index (χ0) is 18.7. The second kappa shape index (κ2) is 7.25. The van der Waals surface area contributed by atoms with Crippen molar-refractivity contribution < 1.29 is 14.7 Å². The Morgan fingerprint density at radius 2 is 1.81 bits per heavy atom. The summed E-state index contributed by atoms with van der Waals surface area (Å²) in [5, 5.41) is 14.9. The zero-order valence-electron chi connectivity index (χ0n) is 13.4. The Labute approximate surface area is 153 Å². The van der Waals surface area contributed by atoms with Crippen LogP contribution in [0.3, 0.4) is 0 Å². The van der Waals surface area contributed by atoms with E-state index >= 15 is 0 Å². The highest BCUT2D eigenvalue weighted by Crippen LogP contribution is 2.24. The number of fused-ring (bicyclic) bond motifs is 1. The molecule has 4 N–H and O–H groups in total. The second-order valence-electron chi connectivity index (χ2n) is 5.48. The molecule has 7 heteroatoms. The number of nitrogens with zero attached hydrogens (tertiary/aromatic N) is 1. The number of phenolic OH excluding ortho intramolecular Hbond substituents is 1. The molecule has 3 aromatic carbocycles. The molecule has 130 valence electrons. The number of phenols is 1. The molecule has 3 rings (SSSR count). The topological polar surface area (TPSA) is 105 Å². The van der Waals surface area contributed by atoms with E-state index < -0.39 is 11.8 Å². The Morgan fingerprint density at radius 3 is 2.50 bits per heavy atom. The average Bonchev–Trinajstić information content (AvgIpc) is 2.63. The molecule has 26 heavy (non-hydrogen) atoms. The van der Waals surface area contributed by atoms with Gasteiger partial charge in [-0.1, -0.05) is 41.9 Å². The van der Waals surface area contributed by atoms with Crippen LogP contribution < -0.4 is 11.2 Å². The smallest absolute Gasteiger partial charge is 0.271 e. The van der Waals surface area contributed by atoms with Crippen molar-refractivity contribution in [3.63, 3.8) is 0 Å². The predicted molar refractivity (Wildman–Crippen MR) is 101 cm³/mol. The largest absolute Gasteiger partial charge is 0.506 e. The molecule has 3 aromatic rings. The van der Waals surface area contributed by atoms with Gasteiger partial charge in [0, 0.05) is 16.7 Å². The summed E-state index contributed by atoms with van der Waals surface area (Å²) in [5.74, 6) is -1.09. The third-order valence-corrected chi connectivity index (χ3v) is 4.11. The molecule has 6 nitrogen and oxygen atoms in total. The molecular weight excluding hydrogens is 354 g/mol. The van der Waals surface area contributed by atoms with E-state index in [-0.39, 0.29) is 16.3 Å². The number of nitrogens with one attached hydrogen (secondary N) is 1. The van der Waals surface area contributed by atoms with Crippen molar-refractivity contribution in [2.24, 2.45) is 10.8 Å². The SMILES string of the molecule is NC(=O)c1ccc(C=NNC(=O)c2ccc(O)c(Cl)c2)c2ccccc12. The van der Waals surface area contributed by atoms with Gasteiger partial charge in [0.25, 0.3) is 5.91 Å². The number of carbonyl (C=O) groups excluding carboxylic acids is 2. The van der Waals surface area contributed by atoms with Gasteiger partial charge in [0.2, 0.25) is 5.91 Å². The summed E-state index contributed by atoms with van der Waals surface area (Å²) >= 11 is 5.79. The van der Waals surface area contributed by atoms with Gasteiger partial charge in [-0.05, 0) is 35.0 Å². The molecule has 0 spiro atoms. The number of amides is 2. The van der Waals surface area contributed by atoms with Crippen molar-refractivity contribution in [2.45, 2.75) is 0 Å². The molecule has 2 amide bonds. The number of halogens is 1. The van der Waals surface area contributed by atoms with E-state index in [1.54, 1.807) is 18.2 Å². The standard InChI is InChI=1S/C19H14ClN3O3/c20-16-9-11(6-8-17(16)24)19(26)23-22-10-12-5-7-15(18(21)25)14-4-2-1-3-13(12)14/h1-10,24H,(H2,21,25)(H,23,26). The number of carbonyl (C=O) groups is 2. The summed E-state index contributed by atoms with van der Waals surface area (Å²) in [7, 11) is 0. The average molecular weight is 368 g/mol. The van der Waals surface area contributed by atoms with Crippen LogP contribution in [0.4, 0.5) is 0 Å². The number of hydrogen-bond acceptors (Lipinski definition) is 4. The fourth-order valence-corrected chi connectivity index (χ4v) is 2.70. The summed E-state index contributed by atoms with van der Waals surface area (Å²) < 4.78 is 0. The van der Waals surface area contributed by atoms with Gasteiger partial charge in [0.1, 0.15) is 5.75 Å². The molecule has 0 heterocycles. The molecule has 0 fully saturated rings. The van der Waals surface area contributed by atoms with Crippen LogP contribution in [0.15, 0.2) is 59.7 Å². The Bertz CT molecular complexity index is 1050. The molecule has 0 saturated carbocycles. The Hall–Kier alpha value is -3.38. The molecule has 0 radical (unpaired) electrons. The van der Waals surface area contributed by atoms with Crippen molar-refractivity contribution in [1.82, 2.24) is 5.43 Å². The van der Waals surface area contributed by atoms with Crippen LogP contribution >= 0.6 is 11.6 Å². The van der Waals surface area contributed by atoms with Crippen LogP contribution in [0.1, 0.15) is 26.3 Å². The van der Waals surface area contributed by atoms with E-state index in [1.807, 2.05) is 18.2 Å². The number of rotatable bonds is 4. The van der Waals surface area contributed by atoms with E-state index in [0.29, 0.717) is 10.9 Å². The lowest BCUT2D eigenvalue weighted by Crippen LogP contribution is -2.17. The predicted octanol–water partition coefficient (Wildman–Crippen LogP) is 3.06. The first-order valence-corrected chi connectivity index (χ1v) is 7.98. The maximum absolute atomic E-state index is 12.1. The zero-order valence-corrected chi connectivity index (χ0v) is 14.2. The summed E-state index contributed by atoms with van der Waals surface area (Å²) in [5.41, 5.74) is 9.19. The maximum atomic E-state index is 12.1. The van der Waals surface area contributed by atoms with Gasteiger partial charge in [0.05, 0.1) is 11.2 Å². The number of benzene rings is 3. The Morgan fingerprint density at radius 1 is 1.08 bits per heavy atom. The van der Waals surface area contributed by atoms with Gasteiger partial charge in [-0.25, -0.2) is 5.43 Å². The number of nitrogens with two attached hydrogens (primary N) is 1. The molecule has 0 aromatic heterocycles. The van der Waals surface area contributed by atoms with Gasteiger partial charge in [-0.15, -0.1) is 0 Å². The highest BCUT2D eigenvalue weighted by atomic mass is 35.5. The van der Waals surface area contributed by atoms with Crippen LogP contribution in [-0.2, 0) is 0 Å². The number of hydrogen-bond donors (Lipinski definition) is 3. The van der Waals surface area contributed by atoms with E-state index in [0.717, 1.165) is 10.9 Å². The minimum Gasteiger partial charge on any atom is -0.506 e.